The van der Waals surface area contributed by atoms with Crippen LogP contribution in [0.2, 0.25) is 5.02 Å². The van der Waals surface area contributed by atoms with Crippen molar-refractivity contribution in [2.24, 2.45) is 4.99 Å². The molecule has 33 heavy (non-hydrogen) atoms. The highest BCUT2D eigenvalue weighted by molar-refractivity contribution is 7.11. The number of aromatic nitrogens is 1. The van der Waals surface area contributed by atoms with E-state index in [4.69, 9.17) is 16.3 Å². The van der Waals surface area contributed by atoms with Crippen LogP contribution in [-0.2, 0) is 9.53 Å². The molecule has 0 bridgehead atoms. The van der Waals surface area contributed by atoms with E-state index in [2.05, 4.69) is 15.3 Å². The number of aliphatic imine (C=N–C) groups is 1. The molecule has 2 aromatic rings. The van der Waals surface area contributed by atoms with E-state index in [1.807, 2.05) is 0 Å². The smallest absolute Gasteiger partial charge is 0.338 e. The molecule has 1 aromatic carbocycles. The van der Waals surface area contributed by atoms with Gasteiger partial charge < -0.3 is 10.1 Å². The topological polar surface area (TPSA) is 66.8 Å². The first-order valence-corrected chi connectivity index (χ1v) is 11.7. The van der Waals surface area contributed by atoms with Gasteiger partial charge in [-0.1, -0.05) is 17.7 Å². The summed E-state index contributed by atoms with van der Waals surface area (Å²) in [4.78, 5) is 23.6. The van der Waals surface area contributed by atoms with Crippen molar-refractivity contribution < 1.29 is 22.7 Å². The number of carbonyl (C=O) groups is 1. The lowest BCUT2D eigenvalue weighted by molar-refractivity contribution is -0.139. The van der Waals surface area contributed by atoms with Gasteiger partial charge in [-0.25, -0.2) is 22.9 Å². The van der Waals surface area contributed by atoms with Crippen LogP contribution in [0.4, 0.5) is 13.2 Å². The second kappa shape index (κ2) is 9.82. The highest BCUT2D eigenvalue weighted by Crippen LogP contribution is 2.37. The maximum atomic E-state index is 14.1. The van der Waals surface area contributed by atoms with Crippen LogP contribution in [0.1, 0.15) is 36.4 Å². The molecule has 0 spiro atoms. The number of piperidine rings is 1. The van der Waals surface area contributed by atoms with Gasteiger partial charge in [-0.05, 0) is 32.0 Å². The van der Waals surface area contributed by atoms with Crippen LogP contribution in [0.25, 0.3) is 0 Å². The summed E-state index contributed by atoms with van der Waals surface area (Å²) in [5, 5.41) is 5.55. The van der Waals surface area contributed by atoms with Gasteiger partial charge >= 0.3 is 5.97 Å². The molecule has 1 N–H and O–H groups in total. The highest BCUT2D eigenvalue weighted by atomic mass is 35.5. The number of esters is 1. The SMILES string of the molecule is CCOC(=O)C1=C(CN2CCCC(F)(F)C2)NC(c2nccs2)=N[C@H]1c1ccc(F)cc1Cl. The van der Waals surface area contributed by atoms with Crippen molar-refractivity contribution in [3.05, 3.63) is 62.5 Å². The van der Waals surface area contributed by atoms with Gasteiger partial charge in [0.05, 0.1) is 18.7 Å². The molecule has 4 rings (SSSR count). The Morgan fingerprint density at radius 2 is 2.24 bits per heavy atom. The number of ether oxygens (including phenoxy) is 1. The van der Waals surface area contributed by atoms with E-state index >= 15 is 0 Å². The van der Waals surface area contributed by atoms with Gasteiger partial charge in [-0.3, -0.25) is 9.89 Å². The first kappa shape index (κ1) is 23.7. The minimum Gasteiger partial charge on any atom is -0.463 e. The average molecular weight is 499 g/mol. The van der Waals surface area contributed by atoms with E-state index in [-0.39, 0.29) is 30.2 Å². The summed E-state index contributed by atoms with van der Waals surface area (Å²) in [6.07, 6.45) is 1.79. The van der Waals surface area contributed by atoms with Gasteiger partial charge in [0, 0.05) is 40.8 Å². The number of carbonyl (C=O) groups excluding carboxylic acids is 1. The first-order chi connectivity index (χ1) is 15.8. The number of likely N-dealkylation sites (tertiary alicyclic amines) is 1. The van der Waals surface area contributed by atoms with E-state index in [0.29, 0.717) is 35.1 Å². The Hall–Kier alpha value is -2.43. The molecule has 2 aliphatic heterocycles. The Kier molecular flexibility index (Phi) is 7.06. The zero-order valence-electron chi connectivity index (χ0n) is 17.8. The average Bonchev–Trinajstić information content (AvgIpc) is 3.28. The molecular weight excluding hydrogens is 477 g/mol. The van der Waals surface area contributed by atoms with Crippen molar-refractivity contribution in [2.45, 2.75) is 31.7 Å². The number of hydrogen-bond acceptors (Lipinski definition) is 7. The summed E-state index contributed by atoms with van der Waals surface area (Å²) in [7, 11) is 0. The number of nitrogens with zero attached hydrogens (tertiary/aromatic N) is 3. The summed E-state index contributed by atoms with van der Waals surface area (Å²) in [5.74, 6) is -3.60. The summed E-state index contributed by atoms with van der Waals surface area (Å²) in [6.45, 7) is 1.89. The standard InChI is InChI=1S/C22H22ClF3N4O2S/c1-2-32-21(31)17-16(11-30-8-3-6-22(25,26)12-30)28-19(20-27-7-9-33-20)29-18(17)14-5-4-13(24)10-15(14)23/h4-5,7,9-10,18H,2-3,6,8,11-12H2,1H3,(H,28,29)/t18-/m0/s1. The summed E-state index contributed by atoms with van der Waals surface area (Å²) in [5.41, 5.74) is 0.939. The fourth-order valence-corrected chi connectivity index (χ4v) is 4.83. The number of thiazole rings is 1. The molecule has 1 saturated heterocycles. The Balaban J connectivity index is 1.81. The van der Waals surface area contributed by atoms with Crippen LogP contribution in [0.3, 0.4) is 0 Å². The normalized spacial score (nSPS) is 20.9. The number of benzene rings is 1. The fourth-order valence-electron chi connectivity index (χ4n) is 3.97. The highest BCUT2D eigenvalue weighted by Gasteiger charge is 2.38. The Labute approximate surface area is 198 Å². The molecule has 1 atom stereocenters. The number of alkyl halides is 2. The number of rotatable bonds is 6. The van der Waals surface area contributed by atoms with E-state index < -0.39 is 30.3 Å². The molecule has 0 aliphatic carbocycles. The van der Waals surface area contributed by atoms with Crippen molar-refractivity contribution in [3.63, 3.8) is 0 Å². The van der Waals surface area contributed by atoms with Gasteiger partial charge in [-0.2, -0.15) is 0 Å². The lowest BCUT2D eigenvalue weighted by Gasteiger charge is -2.35. The number of amidine groups is 1. The summed E-state index contributed by atoms with van der Waals surface area (Å²) in [6, 6.07) is 2.92. The van der Waals surface area contributed by atoms with Gasteiger partial charge in [-0.15, -0.1) is 11.3 Å². The van der Waals surface area contributed by atoms with Crippen molar-refractivity contribution in [2.75, 3.05) is 26.2 Å². The molecular formula is C22H22ClF3N4O2S. The molecule has 176 valence electrons. The zero-order chi connectivity index (χ0) is 23.6. The van der Waals surface area contributed by atoms with Gasteiger partial charge in [0.25, 0.3) is 5.92 Å². The third-order valence-corrected chi connectivity index (χ3v) is 6.47. The second-order valence-corrected chi connectivity index (χ2v) is 9.09. The van der Waals surface area contributed by atoms with Crippen molar-refractivity contribution in [1.29, 1.82) is 0 Å². The molecule has 0 amide bonds. The lowest BCUT2D eigenvalue weighted by Crippen LogP contribution is -2.46. The molecule has 0 radical (unpaired) electrons. The van der Waals surface area contributed by atoms with Crippen molar-refractivity contribution in [3.8, 4) is 0 Å². The first-order valence-electron chi connectivity index (χ1n) is 10.5. The van der Waals surface area contributed by atoms with Crippen LogP contribution in [-0.4, -0.2) is 53.9 Å². The van der Waals surface area contributed by atoms with Crippen LogP contribution >= 0.6 is 22.9 Å². The van der Waals surface area contributed by atoms with E-state index in [0.717, 1.165) is 6.07 Å². The maximum absolute atomic E-state index is 14.1. The number of hydrogen-bond donors (Lipinski definition) is 1. The van der Waals surface area contributed by atoms with Crippen LogP contribution in [0.15, 0.2) is 46.0 Å². The fraction of sp³-hybridized carbons (Fsp3) is 0.409. The molecule has 6 nitrogen and oxygen atoms in total. The molecule has 1 aromatic heterocycles. The second-order valence-electron chi connectivity index (χ2n) is 7.79. The maximum Gasteiger partial charge on any atom is 0.338 e. The minimum atomic E-state index is -2.80. The van der Waals surface area contributed by atoms with Gasteiger partial charge in [0.2, 0.25) is 0 Å². The van der Waals surface area contributed by atoms with Crippen LogP contribution in [0, 0.1) is 5.82 Å². The third kappa shape index (κ3) is 5.39. The summed E-state index contributed by atoms with van der Waals surface area (Å²) >= 11 is 7.66. The quantitative estimate of drug-likeness (QED) is 0.591. The van der Waals surface area contributed by atoms with E-state index in [1.165, 1.54) is 23.5 Å². The number of halogens is 4. The largest absolute Gasteiger partial charge is 0.463 e. The Morgan fingerprint density at radius 3 is 2.91 bits per heavy atom. The molecule has 3 heterocycles. The zero-order valence-corrected chi connectivity index (χ0v) is 19.4. The molecule has 11 heteroatoms. The molecule has 0 saturated carbocycles. The predicted octanol–water partition coefficient (Wildman–Crippen LogP) is 4.58. The van der Waals surface area contributed by atoms with Gasteiger partial charge in [0.1, 0.15) is 11.9 Å². The lowest BCUT2D eigenvalue weighted by atomic mass is 9.94. The third-order valence-electron chi connectivity index (χ3n) is 5.37. The van der Waals surface area contributed by atoms with Gasteiger partial charge in [0.15, 0.2) is 10.8 Å². The minimum absolute atomic E-state index is 0.0590. The Bertz CT molecular complexity index is 1090. The molecule has 0 unspecified atom stereocenters. The monoisotopic (exact) mass is 498 g/mol. The van der Waals surface area contributed by atoms with Crippen molar-refractivity contribution in [1.82, 2.24) is 15.2 Å². The summed E-state index contributed by atoms with van der Waals surface area (Å²) < 4.78 is 47.1. The predicted molar refractivity (Wildman–Crippen MR) is 120 cm³/mol. The van der Waals surface area contributed by atoms with E-state index in [9.17, 15) is 18.0 Å². The number of nitrogens with one attached hydrogen (secondary N) is 1. The molecule has 1 fully saturated rings. The Morgan fingerprint density at radius 1 is 1.42 bits per heavy atom. The van der Waals surface area contributed by atoms with E-state index in [1.54, 1.807) is 23.4 Å². The van der Waals surface area contributed by atoms with Crippen LogP contribution < -0.4 is 5.32 Å². The van der Waals surface area contributed by atoms with Crippen LogP contribution in [0.5, 0.6) is 0 Å². The molecule has 2 aliphatic rings. The van der Waals surface area contributed by atoms with Crippen molar-refractivity contribution >= 4 is 34.7 Å².